The molecule has 2 atom stereocenters. The maximum atomic E-state index is 13.4. The van der Waals surface area contributed by atoms with Gasteiger partial charge in [0.05, 0.1) is 17.8 Å². The van der Waals surface area contributed by atoms with Crippen LogP contribution in [0.5, 0.6) is 0 Å². The van der Waals surface area contributed by atoms with Crippen LogP contribution in [0.4, 0.5) is 16.3 Å². The molecule has 3 amide bonds. The Labute approximate surface area is 273 Å². The summed E-state index contributed by atoms with van der Waals surface area (Å²) in [5, 5.41) is 10.8. The van der Waals surface area contributed by atoms with Gasteiger partial charge in [-0.05, 0) is 94.2 Å². The van der Waals surface area contributed by atoms with Crippen molar-refractivity contribution in [2.75, 3.05) is 10.6 Å². The van der Waals surface area contributed by atoms with Crippen LogP contribution in [-0.4, -0.2) is 38.7 Å². The smallest absolute Gasteiger partial charge is 0.324 e. The number of urea groups is 1. The lowest BCUT2D eigenvalue weighted by Crippen LogP contribution is -2.47. The Morgan fingerprint density at radius 1 is 0.783 bits per heavy atom. The van der Waals surface area contributed by atoms with Crippen molar-refractivity contribution in [2.45, 2.75) is 97.6 Å². The van der Waals surface area contributed by atoms with Crippen LogP contribution >= 0.6 is 0 Å². The summed E-state index contributed by atoms with van der Waals surface area (Å²) in [7, 11) is 0. The quantitative estimate of drug-likeness (QED) is 0.219. The molecule has 2 saturated heterocycles. The molecule has 0 spiro atoms. The van der Waals surface area contributed by atoms with Crippen molar-refractivity contribution in [3.05, 3.63) is 106 Å². The number of hydrogen-bond donors (Lipinski definition) is 2. The number of hydrogen-bond acceptors (Lipinski definition) is 3. The van der Waals surface area contributed by atoms with Gasteiger partial charge in [0.2, 0.25) is 5.91 Å². The average Bonchev–Trinajstić information content (AvgIpc) is 3.52. The van der Waals surface area contributed by atoms with E-state index >= 15 is 0 Å². The molecule has 7 heteroatoms. The fraction of sp³-hybridized carbons (Fsp3) is 0.410. The highest BCUT2D eigenvalue weighted by Gasteiger charge is 2.42. The fourth-order valence-corrected chi connectivity index (χ4v) is 7.36. The standard InChI is InChI=1S/C39H47N5O2/c1-25-7-13-32(14-8-25)44-36(24-35(42-44)39(4,5)6)41-38(46)40-31-11-9-28(10-12-31)20-30-21-33-15-16-34(22-30)43(33)37(45)23-29-18-26(2)17-27(3)19-29/h7-14,17-19,24,30,33-34H,15-16,20-23H2,1-6H3,(H2,40,41,46). The van der Waals surface area contributed by atoms with Crippen molar-refractivity contribution >= 4 is 23.4 Å². The number of benzene rings is 3. The third-order valence-corrected chi connectivity index (χ3v) is 9.49. The normalized spacial score (nSPS) is 19.3. The number of carbonyl (C=O) groups is 2. The second-order valence-electron chi connectivity index (χ2n) is 14.6. The maximum Gasteiger partial charge on any atom is 0.324 e. The van der Waals surface area contributed by atoms with E-state index in [-0.39, 0.29) is 17.4 Å². The summed E-state index contributed by atoms with van der Waals surface area (Å²) in [6.07, 6.45) is 5.82. The van der Waals surface area contributed by atoms with Gasteiger partial charge in [0.1, 0.15) is 5.82 Å². The van der Waals surface area contributed by atoms with E-state index in [2.05, 4.69) is 87.4 Å². The number of aryl methyl sites for hydroxylation is 3. The molecule has 240 valence electrons. The molecule has 2 N–H and O–H groups in total. The molecule has 3 heterocycles. The van der Waals surface area contributed by atoms with Gasteiger partial charge in [-0.25, -0.2) is 9.48 Å². The Balaban J connectivity index is 1.05. The molecule has 0 radical (unpaired) electrons. The predicted octanol–water partition coefficient (Wildman–Crippen LogP) is 8.29. The Hall–Kier alpha value is -4.39. The molecule has 6 rings (SSSR count). The van der Waals surface area contributed by atoms with Crippen LogP contribution < -0.4 is 10.6 Å². The molecule has 2 fully saturated rings. The molecule has 2 aliphatic rings. The highest BCUT2D eigenvalue weighted by Crippen LogP contribution is 2.40. The van der Waals surface area contributed by atoms with E-state index in [9.17, 15) is 9.59 Å². The SMILES string of the molecule is Cc1ccc(-n2nc(C(C)(C)C)cc2NC(=O)Nc2ccc(CC3CC4CCC(C3)N4C(=O)Cc3cc(C)cc(C)c3)cc2)cc1. The van der Waals surface area contributed by atoms with Gasteiger partial charge in [0.25, 0.3) is 0 Å². The van der Waals surface area contributed by atoms with Crippen LogP contribution in [0.25, 0.3) is 5.69 Å². The Morgan fingerprint density at radius 3 is 2.02 bits per heavy atom. The van der Waals surface area contributed by atoms with E-state index in [0.29, 0.717) is 30.2 Å². The van der Waals surface area contributed by atoms with Crippen LogP contribution in [0.1, 0.15) is 80.0 Å². The van der Waals surface area contributed by atoms with E-state index in [1.54, 1.807) is 4.68 Å². The van der Waals surface area contributed by atoms with Gasteiger partial charge in [-0.3, -0.25) is 10.1 Å². The fourth-order valence-electron chi connectivity index (χ4n) is 7.36. The monoisotopic (exact) mass is 617 g/mol. The Morgan fingerprint density at radius 2 is 1.41 bits per heavy atom. The van der Waals surface area contributed by atoms with Crippen molar-refractivity contribution in [1.29, 1.82) is 0 Å². The van der Waals surface area contributed by atoms with Gasteiger partial charge in [0, 0.05) is 29.3 Å². The first kappa shape index (κ1) is 31.6. The third-order valence-electron chi connectivity index (χ3n) is 9.49. The van der Waals surface area contributed by atoms with Crippen LogP contribution in [-0.2, 0) is 23.1 Å². The number of carbonyl (C=O) groups excluding carboxylic acids is 2. The molecular formula is C39H47N5O2. The molecule has 2 bridgehead atoms. The van der Waals surface area contributed by atoms with Gasteiger partial charge >= 0.3 is 6.03 Å². The molecule has 4 aromatic rings. The largest absolute Gasteiger partial charge is 0.336 e. The van der Waals surface area contributed by atoms with Crippen LogP contribution in [0.15, 0.2) is 72.8 Å². The lowest BCUT2D eigenvalue weighted by atomic mass is 9.85. The number of aromatic nitrogens is 2. The molecule has 3 aromatic carbocycles. The average molecular weight is 618 g/mol. The van der Waals surface area contributed by atoms with E-state index in [1.807, 2.05) is 42.5 Å². The van der Waals surface area contributed by atoms with E-state index < -0.39 is 0 Å². The molecule has 0 saturated carbocycles. The Bertz CT molecular complexity index is 1680. The van der Waals surface area contributed by atoms with Gasteiger partial charge in [-0.2, -0.15) is 5.10 Å². The molecule has 2 unspecified atom stereocenters. The summed E-state index contributed by atoms with van der Waals surface area (Å²) >= 11 is 0. The van der Waals surface area contributed by atoms with Gasteiger partial charge in [-0.1, -0.05) is 79.9 Å². The number of rotatable bonds is 7. The summed E-state index contributed by atoms with van der Waals surface area (Å²) in [5.41, 5.74) is 8.35. The number of nitrogens with zero attached hydrogens (tertiary/aromatic N) is 3. The zero-order chi connectivity index (χ0) is 32.6. The van der Waals surface area contributed by atoms with E-state index in [0.717, 1.165) is 54.7 Å². The van der Waals surface area contributed by atoms with Crippen LogP contribution in [0.2, 0.25) is 0 Å². The topological polar surface area (TPSA) is 79.3 Å². The summed E-state index contributed by atoms with van der Waals surface area (Å²) in [4.78, 5) is 28.7. The number of piperidine rings is 1. The first-order valence-corrected chi connectivity index (χ1v) is 16.6. The van der Waals surface area contributed by atoms with Crippen LogP contribution in [0.3, 0.4) is 0 Å². The highest BCUT2D eigenvalue weighted by atomic mass is 16.2. The van der Waals surface area contributed by atoms with Gasteiger partial charge in [-0.15, -0.1) is 0 Å². The molecular weight excluding hydrogens is 570 g/mol. The molecule has 7 nitrogen and oxygen atoms in total. The van der Waals surface area contributed by atoms with Crippen molar-refractivity contribution in [2.24, 2.45) is 5.92 Å². The summed E-state index contributed by atoms with van der Waals surface area (Å²) in [6, 6.07) is 25.1. The minimum absolute atomic E-state index is 0.162. The zero-order valence-corrected chi connectivity index (χ0v) is 28.1. The molecule has 0 aliphatic carbocycles. The first-order chi connectivity index (χ1) is 21.9. The van der Waals surface area contributed by atoms with Crippen molar-refractivity contribution in [3.63, 3.8) is 0 Å². The third kappa shape index (κ3) is 7.19. The molecule has 46 heavy (non-hydrogen) atoms. The van der Waals surface area contributed by atoms with Crippen molar-refractivity contribution in [1.82, 2.24) is 14.7 Å². The lowest BCUT2D eigenvalue weighted by molar-refractivity contribution is -0.135. The second-order valence-corrected chi connectivity index (χ2v) is 14.6. The minimum atomic E-state index is -0.309. The lowest BCUT2D eigenvalue weighted by Gasteiger charge is -2.39. The molecule has 1 aromatic heterocycles. The van der Waals surface area contributed by atoms with E-state index in [4.69, 9.17) is 5.10 Å². The highest BCUT2D eigenvalue weighted by molar-refractivity contribution is 5.99. The summed E-state index contributed by atoms with van der Waals surface area (Å²) < 4.78 is 1.79. The predicted molar refractivity (Wildman–Crippen MR) is 186 cm³/mol. The first-order valence-electron chi connectivity index (χ1n) is 16.6. The maximum absolute atomic E-state index is 13.4. The zero-order valence-electron chi connectivity index (χ0n) is 28.1. The number of fused-ring (bicyclic) bond motifs is 2. The minimum Gasteiger partial charge on any atom is -0.336 e. The number of nitrogens with one attached hydrogen (secondary N) is 2. The molecule has 2 aliphatic heterocycles. The second kappa shape index (κ2) is 12.8. The summed E-state index contributed by atoms with van der Waals surface area (Å²) in [6.45, 7) is 12.6. The van der Waals surface area contributed by atoms with E-state index in [1.165, 1.54) is 22.3 Å². The Kier molecular flexibility index (Phi) is 8.78. The van der Waals surface area contributed by atoms with Crippen molar-refractivity contribution in [3.8, 4) is 5.69 Å². The number of amides is 3. The van der Waals surface area contributed by atoms with Gasteiger partial charge in [0.15, 0.2) is 0 Å². The van der Waals surface area contributed by atoms with Gasteiger partial charge < -0.3 is 10.2 Å². The van der Waals surface area contributed by atoms with Crippen LogP contribution in [0, 0.1) is 26.7 Å². The summed E-state index contributed by atoms with van der Waals surface area (Å²) in [5.74, 6) is 1.46. The van der Waals surface area contributed by atoms with Crippen molar-refractivity contribution < 1.29 is 9.59 Å². The number of anilines is 2.